The van der Waals surface area contributed by atoms with Crippen molar-refractivity contribution < 1.29 is 4.79 Å². The highest BCUT2D eigenvalue weighted by Gasteiger charge is 2.24. The normalized spacial score (nSPS) is 19.6. The summed E-state index contributed by atoms with van der Waals surface area (Å²) in [6, 6.07) is 8.55. The first kappa shape index (κ1) is 23.6. The van der Waals surface area contributed by atoms with Crippen molar-refractivity contribution in [2.45, 2.75) is 37.1 Å². The van der Waals surface area contributed by atoms with Crippen LogP contribution in [0.2, 0.25) is 0 Å². The van der Waals surface area contributed by atoms with Gasteiger partial charge in [0.25, 0.3) is 0 Å². The Bertz CT molecular complexity index is 597. The fourth-order valence-corrected chi connectivity index (χ4v) is 3.77. The zero-order chi connectivity index (χ0) is 18.2. The summed E-state index contributed by atoms with van der Waals surface area (Å²) >= 11 is 5.38. The van der Waals surface area contributed by atoms with Crippen molar-refractivity contribution in [3.8, 4) is 0 Å². The molecule has 1 aliphatic rings. The Kier molecular flexibility index (Phi) is 10.9. The largest absolute Gasteiger partial charge is 0.354 e. The highest BCUT2D eigenvalue weighted by Crippen LogP contribution is 2.28. The topological polar surface area (TPSA) is 56.7 Å². The average Bonchev–Trinajstić information content (AvgIpc) is 3.06. The Labute approximate surface area is 186 Å². The quantitative estimate of drug-likeness (QED) is 0.321. The van der Waals surface area contributed by atoms with Crippen LogP contribution in [0.4, 0.5) is 0 Å². The standard InChI is InChI=1S/C18H27BrN4OS.HI/c1-23(2)17(24)12-21-18(22-15-8-9-16(10-15)25-3)20-11-13-4-6-14(19)7-5-13;/h4-7,15-16H,8-12H2,1-3H3,(H2,20,21,22);1H. The molecule has 2 atom stereocenters. The fourth-order valence-electron chi connectivity index (χ4n) is 2.71. The number of amides is 1. The van der Waals surface area contributed by atoms with Crippen LogP contribution < -0.4 is 10.6 Å². The van der Waals surface area contributed by atoms with E-state index in [4.69, 9.17) is 0 Å². The highest BCUT2D eigenvalue weighted by atomic mass is 127. The Hall–Kier alpha value is -0.480. The second-order valence-corrected chi connectivity index (χ2v) is 8.50. The number of hydrogen-bond donors (Lipinski definition) is 2. The summed E-state index contributed by atoms with van der Waals surface area (Å²) in [5.74, 6) is 0.747. The number of guanidine groups is 1. The number of nitrogens with one attached hydrogen (secondary N) is 2. The Morgan fingerprint density at radius 1 is 1.31 bits per heavy atom. The first-order valence-electron chi connectivity index (χ1n) is 8.50. The second-order valence-electron chi connectivity index (χ2n) is 6.45. The van der Waals surface area contributed by atoms with Gasteiger partial charge in [-0.15, -0.1) is 24.0 Å². The van der Waals surface area contributed by atoms with E-state index >= 15 is 0 Å². The van der Waals surface area contributed by atoms with Gasteiger partial charge in [-0.3, -0.25) is 4.79 Å². The van der Waals surface area contributed by atoms with Gasteiger partial charge in [0.1, 0.15) is 0 Å². The Morgan fingerprint density at radius 2 is 2.00 bits per heavy atom. The number of nitrogens with zero attached hydrogens (tertiary/aromatic N) is 2. The predicted octanol–water partition coefficient (Wildman–Crippen LogP) is 3.47. The van der Waals surface area contributed by atoms with Gasteiger partial charge in [0.2, 0.25) is 5.91 Å². The molecule has 5 nitrogen and oxygen atoms in total. The number of carbonyl (C=O) groups is 1. The third-order valence-corrected chi connectivity index (χ3v) is 5.92. The summed E-state index contributed by atoms with van der Waals surface area (Å²) in [7, 11) is 3.52. The molecule has 0 bridgehead atoms. The van der Waals surface area contributed by atoms with Crippen LogP contribution in [0.25, 0.3) is 0 Å². The van der Waals surface area contributed by atoms with E-state index in [1.54, 1.807) is 19.0 Å². The van der Waals surface area contributed by atoms with E-state index in [9.17, 15) is 4.79 Å². The molecule has 1 aliphatic carbocycles. The Balaban J connectivity index is 0.00000338. The molecule has 0 heterocycles. The van der Waals surface area contributed by atoms with Gasteiger partial charge < -0.3 is 15.5 Å². The lowest BCUT2D eigenvalue weighted by Crippen LogP contribution is -2.46. The van der Waals surface area contributed by atoms with Gasteiger partial charge in [-0.05, 0) is 43.2 Å². The zero-order valence-electron chi connectivity index (χ0n) is 15.5. The van der Waals surface area contributed by atoms with E-state index in [1.807, 2.05) is 23.9 Å². The first-order chi connectivity index (χ1) is 12.0. The molecular formula is C18H28BrIN4OS. The number of carbonyl (C=O) groups excluding carboxylic acids is 1. The molecule has 0 aliphatic heterocycles. The van der Waals surface area contributed by atoms with E-state index in [2.05, 4.69) is 49.9 Å². The van der Waals surface area contributed by atoms with Crippen molar-refractivity contribution in [2.75, 3.05) is 26.9 Å². The molecular weight excluding hydrogens is 527 g/mol. The minimum Gasteiger partial charge on any atom is -0.354 e. The summed E-state index contributed by atoms with van der Waals surface area (Å²) in [5.41, 5.74) is 1.14. The summed E-state index contributed by atoms with van der Waals surface area (Å²) in [6.07, 6.45) is 5.69. The third kappa shape index (κ3) is 8.04. The van der Waals surface area contributed by atoms with Gasteiger partial charge in [-0.1, -0.05) is 28.1 Å². The number of hydrogen-bond acceptors (Lipinski definition) is 3. The Morgan fingerprint density at radius 3 is 2.58 bits per heavy atom. The molecule has 2 rings (SSSR count). The van der Waals surface area contributed by atoms with Gasteiger partial charge in [-0.25, -0.2) is 4.99 Å². The van der Waals surface area contributed by atoms with Gasteiger partial charge in [0, 0.05) is 29.9 Å². The van der Waals surface area contributed by atoms with Crippen LogP contribution >= 0.6 is 51.7 Å². The molecule has 0 spiro atoms. The van der Waals surface area contributed by atoms with Crippen LogP contribution in [-0.4, -0.2) is 55.0 Å². The van der Waals surface area contributed by atoms with Crippen molar-refractivity contribution in [3.63, 3.8) is 0 Å². The molecule has 2 unspecified atom stereocenters. The van der Waals surface area contributed by atoms with Gasteiger partial charge in [0.05, 0.1) is 13.1 Å². The average molecular weight is 555 g/mol. The van der Waals surface area contributed by atoms with E-state index in [0.717, 1.165) is 22.9 Å². The van der Waals surface area contributed by atoms with Gasteiger partial charge in [0.15, 0.2) is 5.96 Å². The van der Waals surface area contributed by atoms with E-state index in [-0.39, 0.29) is 36.4 Å². The monoisotopic (exact) mass is 554 g/mol. The number of rotatable bonds is 6. The summed E-state index contributed by atoms with van der Waals surface area (Å²) in [5, 5.41) is 7.39. The molecule has 1 saturated carbocycles. The van der Waals surface area contributed by atoms with Crippen LogP contribution in [0, 0.1) is 0 Å². The number of thioether (sulfide) groups is 1. The van der Waals surface area contributed by atoms with Gasteiger partial charge >= 0.3 is 0 Å². The fraction of sp³-hybridized carbons (Fsp3) is 0.556. The maximum Gasteiger partial charge on any atom is 0.241 e. The summed E-state index contributed by atoms with van der Waals surface area (Å²) in [6.45, 7) is 0.829. The minimum absolute atomic E-state index is 0. The molecule has 1 aromatic carbocycles. The minimum atomic E-state index is 0. The zero-order valence-corrected chi connectivity index (χ0v) is 20.2. The van der Waals surface area contributed by atoms with Crippen LogP contribution in [0.1, 0.15) is 24.8 Å². The third-order valence-electron chi connectivity index (χ3n) is 4.30. The second kappa shape index (κ2) is 12.1. The number of aliphatic imine (C=N–C) groups is 1. The molecule has 2 N–H and O–H groups in total. The molecule has 1 fully saturated rings. The lowest BCUT2D eigenvalue weighted by atomic mass is 10.2. The molecule has 1 amide bonds. The van der Waals surface area contributed by atoms with Crippen molar-refractivity contribution in [3.05, 3.63) is 34.3 Å². The van der Waals surface area contributed by atoms with Crippen molar-refractivity contribution in [1.82, 2.24) is 15.5 Å². The van der Waals surface area contributed by atoms with E-state index in [1.165, 1.54) is 6.42 Å². The number of likely N-dealkylation sites (N-methyl/N-ethyl adjacent to an activating group) is 1. The van der Waals surface area contributed by atoms with Crippen molar-refractivity contribution in [1.29, 1.82) is 0 Å². The molecule has 0 saturated heterocycles. The molecule has 0 aromatic heterocycles. The predicted molar refractivity (Wildman–Crippen MR) is 125 cm³/mol. The molecule has 146 valence electrons. The maximum absolute atomic E-state index is 11.9. The summed E-state index contributed by atoms with van der Waals surface area (Å²) < 4.78 is 1.06. The van der Waals surface area contributed by atoms with Gasteiger partial charge in [-0.2, -0.15) is 11.8 Å². The molecule has 0 radical (unpaired) electrons. The smallest absolute Gasteiger partial charge is 0.241 e. The van der Waals surface area contributed by atoms with Crippen LogP contribution in [0.15, 0.2) is 33.7 Å². The maximum atomic E-state index is 11.9. The molecule has 1 aromatic rings. The summed E-state index contributed by atoms with van der Waals surface area (Å²) in [4.78, 5) is 18.1. The highest BCUT2D eigenvalue weighted by molar-refractivity contribution is 14.0. The lowest BCUT2D eigenvalue weighted by molar-refractivity contribution is -0.127. The van der Waals surface area contributed by atoms with E-state index < -0.39 is 0 Å². The van der Waals surface area contributed by atoms with Crippen molar-refractivity contribution >= 4 is 63.5 Å². The molecule has 8 heteroatoms. The van der Waals surface area contributed by atoms with Crippen LogP contribution in [0.3, 0.4) is 0 Å². The number of benzene rings is 1. The first-order valence-corrected chi connectivity index (χ1v) is 10.6. The van der Waals surface area contributed by atoms with E-state index in [0.29, 0.717) is 23.8 Å². The van der Waals surface area contributed by atoms with Crippen LogP contribution in [-0.2, 0) is 11.3 Å². The van der Waals surface area contributed by atoms with Crippen LogP contribution in [0.5, 0.6) is 0 Å². The van der Waals surface area contributed by atoms with Crippen molar-refractivity contribution in [2.24, 2.45) is 4.99 Å². The SMILES string of the molecule is CSC1CCC(NC(=NCc2ccc(Br)cc2)NCC(=O)N(C)C)C1.I. The molecule has 26 heavy (non-hydrogen) atoms. The number of halogens is 2. The lowest BCUT2D eigenvalue weighted by Gasteiger charge is -2.19.